The molecule has 3 nitrogen and oxygen atoms in total. The van der Waals surface area contributed by atoms with Crippen molar-refractivity contribution in [3.05, 3.63) is 35.4 Å². The standard InChI is InChI=1S/C13H17NO2/c1-4-14(5-2)13(16)12(15)11-8-6-7-10(3)9-11/h6-9H,4-5H2,1-3H3. The van der Waals surface area contributed by atoms with Gasteiger partial charge in [0.25, 0.3) is 5.91 Å². The molecule has 0 fully saturated rings. The molecule has 0 aliphatic heterocycles. The van der Waals surface area contributed by atoms with E-state index in [0.717, 1.165) is 5.56 Å². The first-order chi connectivity index (χ1) is 7.60. The molecule has 0 heterocycles. The minimum Gasteiger partial charge on any atom is -0.336 e. The largest absolute Gasteiger partial charge is 0.336 e. The van der Waals surface area contributed by atoms with Gasteiger partial charge in [0.1, 0.15) is 0 Å². The van der Waals surface area contributed by atoms with E-state index >= 15 is 0 Å². The first-order valence-corrected chi connectivity index (χ1v) is 5.50. The summed E-state index contributed by atoms with van der Waals surface area (Å²) < 4.78 is 0. The van der Waals surface area contributed by atoms with Crippen LogP contribution in [-0.4, -0.2) is 29.7 Å². The van der Waals surface area contributed by atoms with E-state index in [4.69, 9.17) is 0 Å². The highest BCUT2D eigenvalue weighted by Crippen LogP contribution is 2.06. The highest BCUT2D eigenvalue weighted by atomic mass is 16.2. The Hall–Kier alpha value is -1.64. The first-order valence-electron chi connectivity index (χ1n) is 5.50. The van der Waals surface area contributed by atoms with E-state index in [1.807, 2.05) is 26.8 Å². The predicted octanol–water partition coefficient (Wildman–Crippen LogP) is 2.05. The summed E-state index contributed by atoms with van der Waals surface area (Å²) in [5.74, 6) is -0.844. The summed E-state index contributed by atoms with van der Waals surface area (Å²) in [6.07, 6.45) is 0. The lowest BCUT2D eigenvalue weighted by Gasteiger charge is -2.17. The molecule has 0 saturated carbocycles. The average Bonchev–Trinajstić information content (AvgIpc) is 2.29. The van der Waals surface area contributed by atoms with Gasteiger partial charge in [0.2, 0.25) is 5.78 Å². The van der Waals surface area contributed by atoms with Crippen molar-refractivity contribution in [1.29, 1.82) is 0 Å². The molecule has 0 radical (unpaired) electrons. The maximum Gasteiger partial charge on any atom is 0.294 e. The lowest BCUT2D eigenvalue weighted by Crippen LogP contribution is -2.36. The molecule has 1 rings (SSSR count). The maximum absolute atomic E-state index is 11.9. The van der Waals surface area contributed by atoms with Crippen molar-refractivity contribution in [1.82, 2.24) is 4.90 Å². The van der Waals surface area contributed by atoms with Crippen LogP contribution in [0.5, 0.6) is 0 Å². The summed E-state index contributed by atoms with van der Waals surface area (Å²) in [5.41, 5.74) is 1.45. The first kappa shape index (κ1) is 12.4. The average molecular weight is 219 g/mol. The number of Topliss-reactive ketones (excluding diaryl/α,β-unsaturated/α-hetero) is 1. The van der Waals surface area contributed by atoms with E-state index in [9.17, 15) is 9.59 Å². The molecular formula is C13H17NO2. The number of rotatable bonds is 4. The number of aryl methyl sites for hydroxylation is 1. The summed E-state index contributed by atoms with van der Waals surface area (Å²) in [6, 6.07) is 7.11. The van der Waals surface area contributed by atoms with Crippen LogP contribution in [0.3, 0.4) is 0 Å². The van der Waals surface area contributed by atoms with E-state index in [1.165, 1.54) is 4.90 Å². The topological polar surface area (TPSA) is 37.4 Å². The van der Waals surface area contributed by atoms with Gasteiger partial charge in [0.05, 0.1) is 0 Å². The van der Waals surface area contributed by atoms with Crippen molar-refractivity contribution in [2.24, 2.45) is 0 Å². The Labute approximate surface area is 96.1 Å². The Kier molecular flexibility index (Phi) is 4.23. The van der Waals surface area contributed by atoms with Crippen molar-refractivity contribution >= 4 is 11.7 Å². The van der Waals surface area contributed by atoms with Gasteiger partial charge in [-0.15, -0.1) is 0 Å². The van der Waals surface area contributed by atoms with Crippen molar-refractivity contribution in [2.45, 2.75) is 20.8 Å². The van der Waals surface area contributed by atoms with Gasteiger partial charge >= 0.3 is 0 Å². The Bertz CT molecular complexity index is 395. The van der Waals surface area contributed by atoms with Crippen molar-refractivity contribution in [3.8, 4) is 0 Å². The quantitative estimate of drug-likeness (QED) is 0.574. The number of ketones is 1. The van der Waals surface area contributed by atoms with Crippen LogP contribution >= 0.6 is 0 Å². The Morgan fingerprint density at radius 2 is 1.81 bits per heavy atom. The number of amides is 1. The van der Waals surface area contributed by atoms with Crippen molar-refractivity contribution in [2.75, 3.05) is 13.1 Å². The van der Waals surface area contributed by atoms with Gasteiger partial charge in [-0.3, -0.25) is 9.59 Å². The molecule has 0 bridgehead atoms. The van der Waals surface area contributed by atoms with Crippen LogP contribution < -0.4 is 0 Å². The van der Waals surface area contributed by atoms with Crippen LogP contribution in [0.25, 0.3) is 0 Å². The molecule has 0 spiro atoms. The monoisotopic (exact) mass is 219 g/mol. The molecule has 0 aliphatic carbocycles. The second-order valence-corrected chi connectivity index (χ2v) is 3.68. The van der Waals surface area contributed by atoms with E-state index in [1.54, 1.807) is 18.2 Å². The fourth-order valence-electron chi connectivity index (χ4n) is 1.56. The lowest BCUT2D eigenvalue weighted by atomic mass is 10.1. The lowest BCUT2D eigenvalue weighted by molar-refractivity contribution is -0.126. The summed E-state index contributed by atoms with van der Waals surface area (Å²) in [7, 11) is 0. The predicted molar refractivity (Wildman–Crippen MR) is 63.4 cm³/mol. The molecule has 0 N–H and O–H groups in total. The summed E-state index contributed by atoms with van der Waals surface area (Å²) in [4.78, 5) is 25.2. The molecule has 86 valence electrons. The van der Waals surface area contributed by atoms with Gasteiger partial charge in [0, 0.05) is 18.7 Å². The molecule has 3 heteroatoms. The third-order valence-corrected chi connectivity index (χ3v) is 2.53. The highest BCUT2D eigenvalue weighted by Gasteiger charge is 2.20. The smallest absolute Gasteiger partial charge is 0.294 e. The van der Waals surface area contributed by atoms with Crippen molar-refractivity contribution in [3.63, 3.8) is 0 Å². The van der Waals surface area contributed by atoms with Crippen LogP contribution in [0.1, 0.15) is 29.8 Å². The molecular weight excluding hydrogens is 202 g/mol. The number of benzene rings is 1. The van der Waals surface area contributed by atoms with E-state index in [0.29, 0.717) is 18.7 Å². The Morgan fingerprint density at radius 3 is 2.31 bits per heavy atom. The molecule has 0 unspecified atom stereocenters. The van der Waals surface area contributed by atoms with Gasteiger partial charge in [-0.2, -0.15) is 0 Å². The maximum atomic E-state index is 11.9. The molecule has 0 aromatic heterocycles. The second-order valence-electron chi connectivity index (χ2n) is 3.68. The number of nitrogens with zero attached hydrogens (tertiary/aromatic N) is 1. The van der Waals surface area contributed by atoms with Crippen LogP contribution in [0, 0.1) is 6.92 Å². The molecule has 1 aromatic rings. The van der Waals surface area contributed by atoms with E-state index in [2.05, 4.69) is 0 Å². The zero-order valence-electron chi connectivity index (χ0n) is 9.99. The van der Waals surface area contributed by atoms with Gasteiger partial charge < -0.3 is 4.90 Å². The minimum absolute atomic E-state index is 0.421. The third-order valence-electron chi connectivity index (χ3n) is 2.53. The van der Waals surface area contributed by atoms with Crippen LogP contribution in [-0.2, 0) is 4.79 Å². The van der Waals surface area contributed by atoms with Crippen LogP contribution in [0.4, 0.5) is 0 Å². The van der Waals surface area contributed by atoms with Crippen LogP contribution in [0.2, 0.25) is 0 Å². The summed E-state index contributed by atoms with van der Waals surface area (Å²) >= 11 is 0. The number of carbonyl (C=O) groups is 2. The van der Waals surface area contributed by atoms with Crippen LogP contribution in [0.15, 0.2) is 24.3 Å². The zero-order chi connectivity index (χ0) is 12.1. The number of hydrogen-bond acceptors (Lipinski definition) is 2. The van der Waals surface area contributed by atoms with E-state index in [-0.39, 0.29) is 0 Å². The van der Waals surface area contributed by atoms with Gasteiger partial charge in [-0.05, 0) is 26.8 Å². The van der Waals surface area contributed by atoms with Gasteiger partial charge in [0.15, 0.2) is 0 Å². The van der Waals surface area contributed by atoms with Crippen molar-refractivity contribution < 1.29 is 9.59 Å². The summed E-state index contributed by atoms with van der Waals surface area (Å²) in [6.45, 7) is 6.76. The molecule has 1 amide bonds. The van der Waals surface area contributed by atoms with E-state index < -0.39 is 11.7 Å². The molecule has 0 saturated heterocycles. The zero-order valence-corrected chi connectivity index (χ0v) is 9.99. The SMILES string of the molecule is CCN(CC)C(=O)C(=O)c1cccc(C)c1. The van der Waals surface area contributed by atoms with Gasteiger partial charge in [-0.1, -0.05) is 23.8 Å². The molecule has 1 aromatic carbocycles. The second kappa shape index (κ2) is 5.45. The van der Waals surface area contributed by atoms with Gasteiger partial charge in [-0.25, -0.2) is 0 Å². The minimum atomic E-state index is -0.424. The fraction of sp³-hybridized carbons (Fsp3) is 0.385. The molecule has 16 heavy (non-hydrogen) atoms. The normalized spacial score (nSPS) is 9.94. The molecule has 0 atom stereocenters. The Morgan fingerprint density at radius 1 is 1.19 bits per heavy atom. The Balaban J connectivity index is 2.90. The molecule has 0 aliphatic rings. The summed E-state index contributed by atoms with van der Waals surface area (Å²) in [5, 5.41) is 0. The fourth-order valence-corrected chi connectivity index (χ4v) is 1.56. The highest BCUT2D eigenvalue weighted by molar-refractivity contribution is 6.42. The number of carbonyl (C=O) groups excluding carboxylic acids is 2. The number of likely N-dealkylation sites (N-methyl/N-ethyl adjacent to an activating group) is 1. The number of hydrogen-bond donors (Lipinski definition) is 0. The third kappa shape index (κ3) is 2.69.